The summed E-state index contributed by atoms with van der Waals surface area (Å²) >= 11 is 0. The number of allylic oxidation sites excluding steroid dienone is 1. The normalized spacial score (nSPS) is 12.2. The lowest BCUT2D eigenvalue weighted by Gasteiger charge is -2.09. The molecular formula is C14H22FN3O2. The van der Waals surface area contributed by atoms with Crippen LogP contribution in [0.5, 0.6) is 0 Å². The molecule has 0 saturated carbocycles. The van der Waals surface area contributed by atoms with E-state index in [1.165, 1.54) is 6.08 Å². The standard InChI is InChI=1S/C14H22FN3O2/c1-8(2)12-11(13(9(3)4)18-17-12)7-10(15)5-6-20-14(16)19/h5,8-9H,6-7H2,1-4H3,(H2,16,19)(H,17,18). The first-order chi connectivity index (χ1) is 9.32. The third kappa shape index (κ3) is 4.36. The number of H-pyrrole nitrogens is 1. The lowest BCUT2D eigenvalue weighted by molar-refractivity contribution is 0.168. The summed E-state index contributed by atoms with van der Waals surface area (Å²) in [5, 5.41) is 7.26. The highest BCUT2D eigenvalue weighted by molar-refractivity contribution is 5.64. The summed E-state index contributed by atoms with van der Waals surface area (Å²) in [7, 11) is 0. The number of carbonyl (C=O) groups is 1. The second-order valence-corrected chi connectivity index (χ2v) is 5.27. The molecule has 0 spiro atoms. The van der Waals surface area contributed by atoms with Crippen LogP contribution < -0.4 is 5.73 Å². The minimum absolute atomic E-state index is 0.139. The second-order valence-electron chi connectivity index (χ2n) is 5.27. The number of primary amides is 1. The van der Waals surface area contributed by atoms with Gasteiger partial charge in [-0.25, -0.2) is 9.18 Å². The fourth-order valence-corrected chi connectivity index (χ4v) is 1.99. The van der Waals surface area contributed by atoms with Gasteiger partial charge >= 0.3 is 6.09 Å². The van der Waals surface area contributed by atoms with Crippen LogP contribution in [0.25, 0.3) is 0 Å². The molecule has 1 heterocycles. The molecule has 1 rings (SSSR count). The zero-order valence-corrected chi connectivity index (χ0v) is 12.4. The number of halogens is 1. The van der Waals surface area contributed by atoms with Crippen molar-refractivity contribution in [1.82, 2.24) is 10.2 Å². The van der Waals surface area contributed by atoms with Crippen LogP contribution in [0, 0.1) is 0 Å². The van der Waals surface area contributed by atoms with Crippen LogP contribution in [-0.4, -0.2) is 22.9 Å². The van der Waals surface area contributed by atoms with Crippen molar-refractivity contribution in [3.05, 3.63) is 28.9 Å². The van der Waals surface area contributed by atoms with Gasteiger partial charge in [0.05, 0.1) is 5.69 Å². The predicted molar refractivity (Wildman–Crippen MR) is 75.2 cm³/mol. The van der Waals surface area contributed by atoms with E-state index in [0.717, 1.165) is 17.0 Å². The SMILES string of the molecule is CC(C)c1n[nH]c(C(C)C)c1CC(F)=CCOC(N)=O. The molecule has 20 heavy (non-hydrogen) atoms. The third-order valence-corrected chi connectivity index (χ3v) is 2.93. The Balaban J connectivity index is 2.89. The molecule has 1 aromatic heterocycles. The number of ether oxygens (including phenoxy) is 1. The van der Waals surface area contributed by atoms with Gasteiger partial charge in [-0.05, 0) is 17.9 Å². The van der Waals surface area contributed by atoms with Crippen molar-refractivity contribution in [2.75, 3.05) is 6.61 Å². The minimum atomic E-state index is -0.914. The molecule has 0 bridgehead atoms. The molecule has 6 heteroatoms. The van der Waals surface area contributed by atoms with Gasteiger partial charge in [0.25, 0.3) is 0 Å². The van der Waals surface area contributed by atoms with Crippen LogP contribution in [0.4, 0.5) is 9.18 Å². The van der Waals surface area contributed by atoms with Crippen molar-refractivity contribution in [3.63, 3.8) is 0 Å². The average Bonchev–Trinajstić information content (AvgIpc) is 2.72. The summed E-state index contributed by atoms with van der Waals surface area (Å²) in [6, 6.07) is 0. The number of nitrogens with one attached hydrogen (secondary N) is 1. The molecule has 0 radical (unpaired) electrons. The van der Waals surface area contributed by atoms with Crippen LogP contribution in [0.2, 0.25) is 0 Å². The van der Waals surface area contributed by atoms with Crippen LogP contribution in [0.3, 0.4) is 0 Å². The Morgan fingerprint density at radius 1 is 1.40 bits per heavy atom. The highest BCUT2D eigenvalue weighted by Crippen LogP contribution is 2.27. The Labute approximate surface area is 118 Å². The van der Waals surface area contributed by atoms with E-state index in [9.17, 15) is 9.18 Å². The predicted octanol–water partition coefficient (Wildman–Crippen LogP) is 3.15. The van der Waals surface area contributed by atoms with E-state index in [-0.39, 0.29) is 30.7 Å². The molecule has 0 aliphatic heterocycles. The number of nitrogens with zero attached hydrogens (tertiary/aromatic N) is 1. The largest absolute Gasteiger partial charge is 0.445 e. The van der Waals surface area contributed by atoms with E-state index in [1.54, 1.807) is 0 Å². The molecule has 0 atom stereocenters. The number of aromatic nitrogens is 2. The first-order valence-corrected chi connectivity index (χ1v) is 6.66. The minimum Gasteiger partial charge on any atom is -0.445 e. The number of rotatable bonds is 6. The molecule has 0 aromatic carbocycles. The number of nitrogens with two attached hydrogens (primary N) is 1. The molecule has 5 nitrogen and oxygen atoms in total. The van der Waals surface area contributed by atoms with Crippen molar-refractivity contribution in [1.29, 1.82) is 0 Å². The molecule has 1 amide bonds. The van der Waals surface area contributed by atoms with Crippen molar-refractivity contribution in [2.24, 2.45) is 5.73 Å². The number of amides is 1. The Morgan fingerprint density at radius 3 is 2.55 bits per heavy atom. The maximum Gasteiger partial charge on any atom is 0.404 e. The maximum absolute atomic E-state index is 13.9. The molecular weight excluding hydrogens is 261 g/mol. The molecule has 3 N–H and O–H groups in total. The Hall–Kier alpha value is -1.85. The summed E-state index contributed by atoms with van der Waals surface area (Å²) in [4.78, 5) is 10.4. The smallest absolute Gasteiger partial charge is 0.404 e. The summed E-state index contributed by atoms with van der Waals surface area (Å²) in [5.74, 6) is 0.0829. The number of aromatic amines is 1. The fraction of sp³-hybridized carbons (Fsp3) is 0.571. The van der Waals surface area contributed by atoms with Gasteiger partial charge in [-0.15, -0.1) is 0 Å². The van der Waals surface area contributed by atoms with Crippen LogP contribution in [-0.2, 0) is 11.2 Å². The van der Waals surface area contributed by atoms with Gasteiger partial charge in [0.1, 0.15) is 12.4 Å². The van der Waals surface area contributed by atoms with Crippen LogP contribution in [0.1, 0.15) is 56.5 Å². The Kier molecular flexibility index (Phi) is 5.73. The van der Waals surface area contributed by atoms with Gasteiger partial charge in [-0.2, -0.15) is 5.10 Å². The van der Waals surface area contributed by atoms with E-state index in [0.29, 0.717) is 0 Å². The van der Waals surface area contributed by atoms with Crippen molar-refractivity contribution < 1.29 is 13.9 Å². The monoisotopic (exact) mass is 283 g/mol. The average molecular weight is 283 g/mol. The van der Waals surface area contributed by atoms with Crippen LogP contribution >= 0.6 is 0 Å². The summed E-state index contributed by atoms with van der Waals surface area (Å²) in [6.45, 7) is 7.92. The Bertz CT molecular complexity index is 467. The van der Waals surface area contributed by atoms with Gasteiger partial charge in [0.2, 0.25) is 0 Å². The molecule has 112 valence electrons. The highest BCUT2D eigenvalue weighted by atomic mass is 19.1. The van der Waals surface area contributed by atoms with Crippen molar-refractivity contribution in [3.8, 4) is 0 Å². The maximum atomic E-state index is 13.9. The number of hydrogen-bond acceptors (Lipinski definition) is 3. The van der Waals surface area contributed by atoms with E-state index >= 15 is 0 Å². The molecule has 0 saturated heterocycles. The lowest BCUT2D eigenvalue weighted by Crippen LogP contribution is -2.12. The van der Waals surface area contributed by atoms with E-state index < -0.39 is 6.09 Å². The van der Waals surface area contributed by atoms with Gasteiger partial charge in [-0.1, -0.05) is 27.7 Å². The van der Waals surface area contributed by atoms with Gasteiger partial charge in [0, 0.05) is 17.7 Å². The first kappa shape index (κ1) is 16.2. The number of hydrogen-bond donors (Lipinski definition) is 2. The molecule has 0 aliphatic carbocycles. The Morgan fingerprint density at radius 2 is 2.05 bits per heavy atom. The van der Waals surface area contributed by atoms with Crippen molar-refractivity contribution >= 4 is 6.09 Å². The number of carbonyl (C=O) groups excluding carboxylic acids is 1. The van der Waals surface area contributed by atoms with Crippen LogP contribution in [0.15, 0.2) is 11.9 Å². The second kappa shape index (κ2) is 7.07. The quantitative estimate of drug-likeness (QED) is 0.841. The fourth-order valence-electron chi connectivity index (χ4n) is 1.99. The van der Waals surface area contributed by atoms with E-state index in [1.807, 2.05) is 27.7 Å². The molecule has 1 aromatic rings. The first-order valence-electron chi connectivity index (χ1n) is 6.66. The summed E-state index contributed by atoms with van der Waals surface area (Å²) in [5.41, 5.74) is 7.50. The van der Waals surface area contributed by atoms with E-state index in [2.05, 4.69) is 14.9 Å². The molecule has 0 fully saturated rings. The zero-order chi connectivity index (χ0) is 15.3. The summed E-state index contributed by atoms with van der Waals surface area (Å²) in [6.07, 6.45) is 0.439. The van der Waals surface area contributed by atoms with E-state index in [4.69, 9.17) is 5.73 Å². The lowest BCUT2D eigenvalue weighted by atomic mass is 9.96. The van der Waals surface area contributed by atoms with Crippen molar-refractivity contribution in [2.45, 2.75) is 46.0 Å². The van der Waals surface area contributed by atoms with Gasteiger partial charge in [-0.3, -0.25) is 5.10 Å². The van der Waals surface area contributed by atoms with Gasteiger partial charge in [0.15, 0.2) is 0 Å². The third-order valence-electron chi connectivity index (χ3n) is 2.93. The van der Waals surface area contributed by atoms with Gasteiger partial charge < -0.3 is 10.5 Å². The zero-order valence-electron chi connectivity index (χ0n) is 12.4. The summed E-state index contributed by atoms with van der Waals surface area (Å²) < 4.78 is 18.4. The molecule has 0 unspecified atom stereocenters. The molecule has 0 aliphatic rings. The topological polar surface area (TPSA) is 81.0 Å². The highest BCUT2D eigenvalue weighted by Gasteiger charge is 2.18.